The van der Waals surface area contributed by atoms with Gasteiger partial charge in [0, 0.05) is 37.5 Å². The number of aryl methyl sites for hydroxylation is 1. The molecule has 1 amide bonds. The van der Waals surface area contributed by atoms with Crippen molar-refractivity contribution in [2.24, 2.45) is 5.73 Å². The molecule has 2 heterocycles. The van der Waals surface area contributed by atoms with Gasteiger partial charge in [-0.25, -0.2) is 0 Å². The Kier molecular flexibility index (Phi) is 6.18. The van der Waals surface area contributed by atoms with E-state index in [1.165, 1.54) is 14.2 Å². The van der Waals surface area contributed by atoms with E-state index in [0.717, 1.165) is 19.4 Å². The van der Waals surface area contributed by atoms with Crippen molar-refractivity contribution in [3.05, 3.63) is 23.0 Å². The number of hydrogen-bond donors (Lipinski definition) is 1. The van der Waals surface area contributed by atoms with Crippen LogP contribution in [0, 0.1) is 0 Å². The fraction of sp³-hybridized carbons (Fsp3) is 0.500. The zero-order chi connectivity index (χ0) is 19.4. The van der Waals surface area contributed by atoms with E-state index >= 15 is 0 Å². The summed E-state index contributed by atoms with van der Waals surface area (Å²) in [6.45, 7) is 1.36. The third kappa shape index (κ3) is 4.51. The second-order valence-corrected chi connectivity index (χ2v) is 6.85. The first-order valence-electron chi connectivity index (χ1n) is 8.79. The van der Waals surface area contributed by atoms with Crippen LogP contribution in [0.3, 0.4) is 0 Å². The highest BCUT2D eigenvalue weighted by atomic mass is 35.5. The van der Waals surface area contributed by atoms with Crippen LogP contribution in [-0.2, 0) is 11.2 Å². The molecule has 27 heavy (non-hydrogen) atoms. The average molecular weight is 395 g/mol. The number of carbonyl (C=O) groups is 1. The summed E-state index contributed by atoms with van der Waals surface area (Å²) < 4.78 is 15.8. The monoisotopic (exact) mass is 394 g/mol. The van der Waals surface area contributed by atoms with Gasteiger partial charge >= 0.3 is 0 Å². The molecule has 9 heteroatoms. The molecule has 2 N–H and O–H groups in total. The molecule has 1 fully saturated rings. The Morgan fingerprint density at radius 1 is 1.41 bits per heavy atom. The smallest absolute Gasteiger partial charge is 0.227 e. The minimum atomic E-state index is 0.0547. The Balaban J connectivity index is 1.66. The lowest BCUT2D eigenvalue weighted by Gasteiger charge is -2.30. The molecule has 1 saturated heterocycles. The number of likely N-dealkylation sites (tertiary alicyclic amines) is 1. The number of carbonyl (C=O) groups excluding carboxylic acids is 1. The lowest BCUT2D eigenvalue weighted by atomic mass is 10.1. The maximum absolute atomic E-state index is 12.3. The molecule has 1 atom stereocenters. The van der Waals surface area contributed by atoms with E-state index in [1.54, 1.807) is 17.0 Å². The number of piperidine rings is 1. The fourth-order valence-corrected chi connectivity index (χ4v) is 3.42. The Morgan fingerprint density at radius 2 is 2.22 bits per heavy atom. The van der Waals surface area contributed by atoms with Crippen LogP contribution in [0.2, 0.25) is 5.02 Å². The molecular weight excluding hydrogens is 372 g/mol. The van der Waals surface area contributed by atoms with Crippen molar-refractivity contribution < 1.29 is 18.8 Å². The molecule has 0 bridgehead atoms. The normalized spacial score (nSPS) is 17.0. The zero-order valence-corrected chi connectivity index (χ0v) is 16.2. The van der Waals surface area contributed by atoms with Gasteiger partial charge in [0.2, 0.25) is 17.6 Å². The number of nitrogens with zero attached hydrogens (tertiary/aromatic N) is 3. The molecule has 0 saturated carbocycles. The van der Waals surface area contributed by atoms with Crippen molar-refractivity contribution in [1.82, 2.24) is 15.0 Å². The largest absolute Gasteiger partial charge is 0.493 e. The third-order valence-corrected chi connectivity index (χ3v) is 4.80. The quantitative estimate of drug-likeness (QED) is 0.801. The minimum absolute atomic E-state index is 0.0547. The number of benzene rings is 1. The number of hydrogen-bond acceptors (Lipinski definition) is 7. The standard InChI is InChI=1S/C18H23ClN4O4/c1-25-14-9-11(8-13(19)17(14)26-2)18-21-15(27-22-18)5-6-16(24)23-7-3-4-12(20)10-23/h8-9,12H,3-7,10,20H2,1-2H3/t12-/m1/s1. The maximum atomic E-state index is 12.3. The van der Waals surface area contributed by atoms with Gasteiger partial charge in [0.15, 0.2) is 11.5 Å². The fourth-order valence-electron chi connectivity index (χ4n) is 3.13. The van der Waals surface area contributed by atoms with E-state index in [-0.39, 0.29) is 11.9 Å². The van der Waals surface area contributed by atoms with Crippen LogP contribution in [-0.4, -0.2) is 54.3 Å². The van der Waals surface area contributed by atoms with Gasteiger partial charge in [-0.05, 0) is 25.0 Å². The Bertz CT molecular complexity index is 811. The summed E-state index contributed by atoms with van der Waals surface area (Å²) in [6.07, 6.45) is 2.59. The number of aromatic nitrogens is 2. The topological polar surface area (TPSA) is 104 Å². The molecule has 1 aromatic heterocycles. The van der Waals surface area contributed by atoms with Crippen molar-refractivity contribution in [1.29, 1.82) is 0 Å². The van der Waals surface area contributed by atoms with E-state index in [0.29, 0.717) is 53.2 Å². The second-order valence-electron chi connectivity index (χ2n) is 6.45. The van der Waals surface area contributed by atoms with Crippen molar-refractivity contribution in [2.75, 3.05) is 27.3 Å². The molecule has 2 aromatic rings. The Morgan fingerprint density at radius 3 is 2.93 bits per heavy atom. The number of halogens is 1. The van der Waals surface area contributed by atoms with Gasteiger partial charge in [-0.3, -0.25) is 4.79 Å². The lowest BCUT2D eigenvalue weighted by Crippen LogP contribution is -2.45. The second kappa shape index (κ2) is 8.58. The van der Waals surface area contributed by atoms with Crippen LogP contribution in [0.1, 0.15) is 25.2 Å². The van der Waals surface area contributed by atoms with E-state index < -0.39 is 0 Å². The molecule has 0 aliphatic carbocycles. The lowest BCUT2D eigenvalue weighted by molar-refractivity contribution is -0.132. The molecule has 1 aliphatic heterocycles. The number of amides is 1. The number of ether oxygens (including phenoxy) is 2. The number of rotatable bonds is 6. The third-order valence-electron chi connectivity index (χ3n) is 4.52. The summed E-state index contributed by atoms with van der Waals surface area (Å²) in [5.41, 5.74) is 6.57. The number of nitrogens with two attached hydrogens (primary N) is 1. The van der Waals surface area contributed by atoms with Crippen LogP contribution in [0.5, 0.6) is 11.5 Å². The summed E-state index contributed by atoms with van der Waals surface area (Å²) >= 11 is 6.22. The van der Waals surface area contributed by atoms with E-state index in [1.807, 2.05) is 0 Å². The molecule has 0 radical (unpaired) electrons. The van der Waals surface area contributed by atoms with Crippen LogP contribution < -0.4 is 15.2 Å². The van der Waals surface area contributed by atoms with Crippen molar-refractivity contribution >= 4 is 17.5 Å². The van der Waals surface area contributed by atoms with Gasteiger partial charge < -0.3 is 24.6 Å². The van der Waals surface area contributed by atoms with Gasteiger partial charge in [0.25, 0.3) is 0 Å². The van der Waals surface area contributed by atoms with Crippen LogP contribution in [0.4, 0.5) is 0 Å². The molecule has 1 aliphatic rings. The number of methoxy groups -OCH3 is 2. The average Bonchev–Trinajstić information content (AvgIpc) is 3.14. The van der Waals surface area contributed by atoms with Crippen LogP contribution in [0.25, 0.3) is 11.4 Å². The van der Waals surface area contributed by atoms with Crippen molar-refractivity contribution in [3.8, 4) is 22.9 Å². The predicted molar refractivity (Wildman–Crippen MR) is 100.0 cm³/mol. The van der Waals surface area contributed by atoms with Crippen LogP contribution in [0.15, 0.2) is 16.7 Å². The molecule has 1 aromatic carbocycles. The highest BCUT2D eigenvalue weighted by Gasteiger charge is 2.22. The SMILES string of the molecule is COc1cc(-c2noc(CCC(=O)N3CCC[C@@H](N)C3)n2)cc(Cl)c1OC. The minimum Gasteiger partial charge on any atom is -0.493 e. The highest BCUT2D eigenvalue weighted by molar-refractivity contribution is 6.32. The van der Waals surface area contributed by atoms with Gasteiger partial charge in [-0.2, -0.15) is 4.98 Å². The molecule has 8 nitrogen and oxygen atoms in total. The molecule has 0 unspecified atom stereocenters. The molecule has 146 valence electrons. The van der Waals surface area contributed by atoms with Gasteiger partial charge in [0.05, 0.1) is 19.2 Å². The summed E-state index contributed by atoms with van der Waals surface area (Å²) in [7, 11) is 3.04. The van der Waals surface area contributed by atoms with Gasteiger partial charge in [-0.1, -0.05) is 16.8 Å². The Hall–Kier alpha value is -2.32. The van der Waals surface area contributed by atoms with E-state index in [4.69, 9.17) is 31.3 Å². The molecular formula is C18H23ClN4O4. The summed E-state index contributed by atoms with van der Waals surface area (Å²) in [4.78, 5) is 18.5. The summed E-state index contributed by atoms with van der Waals surface area (Å²) in [5, 5.41) is 4.36. The predicted octanol–water partition coefficient (Wildman–Crippen LogP) is 2.29. The van der Waals surface area contributed by atoms with Gasteiger partial charge in [-0.15, -0.1) is 0 Å². The van der Waals surface area contributed by atoms with E-state index in [2.05, 4.69) is 10.1 Å². The summed E-state index contributed by atoms with van der Waals surface area (Å²) in [5.74, 6) is 1.74. The maximum Gasteiger partial charge on any atom is 0.227 e. The van der Waals surface area contributed by atoms with Crippen LogP contribution >= 0.6 is 11.6 Å². The van der Waals surface area contributed by atoms with Crippen molar-refractivity contribution in [3.63, 3.8) is 0 Å². The highest BCUT2D eigenvalue weighted by Crippen LogP contribution is 2.38. The first-order chi connectivity index (χ1) is 13.0. The zero-order valence-electron chi connectivity index (χ0n) is 15.4. The first-order valence-corrected chi connectivity index (χ1v) is 9.17. The first kappa shape index (κ1) is 19.4. The van der Waals surface area contributed by atoms with E-state index in [9.17, 15) is 4.79 Å². The molecule has 3 rings (SSSR count). The summed E-state index contributed by atoms with van der Waals surface area (Å²) in [6, 6.07) is 3.46. The van der Waals surface area contributed by atoms with Crippen molar-refractivity contribution in [2.45, 2.75) is 31.7 Å². The molecule has 0 spiro atoms. The Labute approximate surface area is 162 Å². The van der Waals surface area contributed by atoms with Gasteiger partial charge in [0.1, 0.15) is 0 Å².